The standard InChI is InChI=1S/C15H17FN4O2/c1-19(9-14(21)10-2-3-10)15(22)13-8-17-20(18-13)12-6-4-11(16)5-7-12/h4-8,10,14,21H,2-3,9H2,1H3. The minimum absolute atomic E-state index is 0.190. The van der Waals surface area contributed by atoms with Crippen molar-refractivity contribution >= 4 is 5.91 Å². The van der Waals surface area contributed by atoms with Crippen molar-refractivity contribution in [1.82, 2.24) is 19.9 Å². The van der Waals surface area contributed by atoms with Gasteiger partial charge in [0, 0.05) is 13.6 Å². The Labute approximate surface area is 127 Å². The first-order valence-corrected chi connectivity index (χ1v) is 7.16. The van der Waals surface area contributed by atoms with Crippen molar-refractivity contribution in [3.63, 3.8) is 0 Å². The molecule has 2 aromatic rings. The molecule has 116 valence electrons. The molecule has 1 fully saturated rings. The summed E-state index contributed by atoms with van der Waals surface area (Å²) in [6.07, 6.45) is 2.92. The van der Waals surface area contributed by atoms with Crippen molar-refractivity contribution in [2.24, 2.45) is 5.92 Å². The lowest BCUT2D eigenvalue weighted by Gasteiger charge is -2.19. The van der Waals surface area contributed by atoms with Gasteiger partial charge in [0.05, 0.1) is 18.0 Å². The van der Waals surface area contributed by atoms with Crippen LogP contribution in [0.15, 0.2) is 30.5 Å². The molecule has 1 amide bonds. The van der Waals surface area contributed by atoms with E-state index in [1.807, 2.05) is 0 Å². The van der Waals surface area contributed by atoms with Crippen LogP contribution in [0.4, 0.5) is 4.39 Å². The molecule has 3 rings (SSSR count). The lowest BCUT2D eigenvalue weighted by Crippen LogP contribution is -2.35. The Hall–Kier alpha value is -2.28. The minimum atomic E-state index is -0.485. The van der Waals surface area contributed by atoms with E-state index in [0.29, 0.717) is 11.6 Å². The Morgan fingerprint density at radius 1 is 1.45 bits per heavy atom. The van der Waals surface area contributed by atoms with E-state index in [2.05, 4.69) is 10.2 Å². The van der Waals surface area contributed by atoms with Crippen LogP contribution in [0, 0.1) is 11.7 Å². The fourth-order valence-electron chi connectivity index (χ4n) is 2.25. The maximum Gasteiger partial charge on any atom is 0.275 e. The molecule has 1 aliphatic rings. The summed E-state index contributed by atoms with van der Waals surface area (Å²) in [4.78, 5) is 15.0. The van der Waals surface area contributed by atoms with E-state index in [4.69, 9.17) is 0 Å². The molecular formula is C15H17FN4O2. The lowest BCUT2D eigenvalue weighted by atomic mass is 10.2. The summed E-state index contributed by atoms with van der Waals surface area (Å²) in [7, 11) is 1.63. The van der Waals surface area contributed by atoms with Crippen LogP contribution < -0.4 is 0 Å². The van der Waals surface area contributed by atoms with Crippen molar-refractivity contribution in [1.29, 1.82) is 0 Å². The van der Waals surface area contributed by atoms with Gasteiger partial charge in [-0.05, 0) is 43.0 Å². The molecule has 1 aromatic heterocycles. The highest BCUT2D eigenvalue weighted by atomic mass is 19.1. The van der Waals surface area contributed by atoms with E-state index in [1.165, 1.54) is 40.2 Å². The maximum atomic E-state index is 12.9. The van der Waals surface area contributed by atoms with Gasteiger partial charge in [0.1, 0.15) is 5.82 Å². The number of aliphatic hydroxyl groups is 1. The van der Waals surface area contributed by atoms with Crippen LogP contribution in [-0.2, 0) is 0 Å². The number of hydrogen-bond donors (Lipinski definition) is 1. The van der Waals surface area contributed by atoms with Gasteiger partial charge in [-0.3, -0.25) is 4.79 Å². The molecule has 1 heterocycles. The van der Waals surface area contributed by atoms with Gasteiger partial charge in [0.15, 0.2) is 5.69 Å². The largest absolute Gasteiger partial charge is 0.391 e. The third-order valence-corrected chi connectivity index (χ3v) is 3.74. The summed E-state index contributed by atoms with van der Waals surface area (Å²) < 4.78 is 12.9. The second-order valence-electron chi connectivity index (χ2n) is 5.59. The third-order valence-electron chi connectivity index (χ3n) is 3.74. The highest BCUT2D eigenvalue weighted by Gasteiger charge is 2.31. The van der Waals surface area contributed by atoms with Crippen molar-refractivity contribution < 1.29 is 14.3 Å². The number of carbonyl (C=O) groups is 1. The van der Waals surface area contributed by atoms with Crippen LogP contribution in [0.2, 0.25) is 0 Å². The molecule has 0 aliphatic heterocycles. The quantitative estimate of drug-likeness (QED) is 0.902. The highest BCUT2D eigenvalue weighted by molar-refractivity contribution is 5.91. The topological polar surface area (TPSA) is 71.2 Å². The Bertz CT molecular complexity index is 666. The number of amides is 1. The van der Waals surface area contributed by atoms with Crippen LogP contribution in [0.25, 0.3) is 5.69 Å². The number of aliphatic hydroxyl groups excluding tert-OH is 1. The molecule has 0 saturated heterocycles. The number of nitrogens with zero attached hydrogens (tertiary/aromatic N) is 4. The van der Waals surface area contributed by atoms with Crippen molar-refractivity contribution in [3.8, 4) is 5.69 Å². The molecular weight excluding hydrogens is 287 g/mol. The molecule has 1 atom stereocenters. The Morgan fingerprint density at radius 2 is 2.14 bits per heavy atom. The Morgan fingerprint density at radius 3 is 2.77 bits per heavy atom. The first kappa shape index (κ1) is 14.6. The zero-order valence-electron chi connectivity index (χ0n) is 12.2. The molecule has 1 saturated carbocycles. The number of rotatable bonds is 5. The average Bonchev–Trinajstić information content (AvgIpc) is 3.25. The van der Waals surface area contributed by atoms with Crippen molar-refractivity contribution in [2.75, 3.05) is 13.6 Å². The van der Waals surface area contributed by atoms with Gasteiger partial charge in [0.25, 0.3) is 5.91 Å². The van der Waals surface area contributed by atoms with Gasteiger partial charge < -0.3 is 10.0 Å². The molecule has 22 heavy (non-hydrogen) atoms. The lowest BCUT2D eigenvalue weighted by molar-refractivity contribution is 0.0640. The second-order valence-corrected chi connectivity index (χ2v) is 5.59. The minimum Gasteiger partial charge on any atom is -0.391 e. The summed E-state index contributed by atoms with van der Waals surface area (Å²) >= 11 is 0. The van der Waals surface area contributed by atoms with Gasteiger partial charge in [-0.15, -0.1) is 5.10 Å². The van der Waals surface area contributed by atoms with Gasteiger partial charge in [-0.2, -0.15) is 9.90 Å². The zero-order valence-corrected chi connectivity index (χ0v) is 12.2. The van der Waals surface area contributed by atoms with E-state index >= 15 is 0 Å². The van der Waals surface area contributed by atoms with E-state index in [-0.39, 0.29) is 24.0 Å². The molecule has 0 spiro atoms. The van der Waals surface area contributed by atoms with Gasteiger partial charge in [-0.1, -0.05) is 0 Å². The highest BCUT2D eigenvalue weighted by Crippen LogP contribution is 2.32. The van der Waals surface area contributed by atoms with Crippen LogP contribution in [0.3, 0.4) is 0 Å². The normalized spacial score (nSPS) is 15.6. The smallest absolute Gasteiger partial charge is 0.275 e. The average molecular weight is 304 g/mol. The molecule has 0 radical (unpaired) electrons. The summed E-state index contributed by atoms with van der Waals surface area (Å²) in [5.74, 6) is -0.334. The third kappa shape index (κ3) is 3.14. The van der Waals surface area contributed by atoms with Gasteiger partial charge in [-0.25, -0.2) is 4.39 Å². The fraction of sp³-hybridized carbons (Fsp3) is 0.400. The summed E-state index contributed by atoms with van der Waals surface area (Å²) in [5.41, 5.74) is 0.760. The number of carbonyl (C=O) groups excluding carboxylic acids is 1. The molecule has 7 heteroatoms. The number of halogens is 1. The SMILES string of the molecule is CN(CC(O)C1CC1)C(=O)c1cnn(-c2ccc(F)cc2)n1. The van der Waals surface area contributed by atoms with E-state index < -0.39 is 6.10 Å². The van der Waals surface area contributed by atoms with Crippen LogP contribution in [0.5, 0.6) is 0 Å². The monoisotopic (exact) mass is 304 g/mol. The first-order valence-electron chi connectivity index (χ1n) is 7.16. The first-order chi connectivity index (χ1) is 10.5. The molecule has 0 bridgehead atoms. The fourth-order valence-corrected chi connectivity index (χ4v) is 2.25. The number of likely N-dealkylation sites (N-methyl/N-ethyl adjacent to an activating group) is 1. The zero-order chi connectivity index (χ0) is 15.7. The van der Waals surface area contributed by atoms with Crippen LogP contribution in [-0.4, -0.2) is 50.6 Å². The predicted molar refractivity (Wildman–Crippen MR) is 77.0 cm³/mol. The van der Waals surface area contributed by atoms with Crippen LogP contribution in [0.1, 0.15) is 23.3 Å². The molecule has 1 N–H and O–H groups in total. The molecule has 1 aromatic carbocycles. The number of aromatic nitrogens is 3. The van der Waals surface area contributed by atoms with Gasteiger partial charge in [0.2, 0.25) is 0 Å². The number of hydrogen-bond acceptors (Lipinski definition) is 4. The molecule has 1 aliphatic carbocycles. The van der Waals surface area contributed by atoms with E-state index in [0.717, 1.165) is 12.8 Å². The summed E-state index contributed by atoms with van der Waals surface area (Å²) in [6, 6.07) is 5.67. The van der Waals surface area contributed by atoms with Crippen LogP contribution >= 0.6 is 0 Å². The van der Waals surface area contributed by atoms with E-state index in [1.54, 1.807) is 7.05 Å². The second kappa shape index (κ2) is 5.84. The van der Waals surface area contributed by atoms with Crippen molar-refractivity contribution in [2.45, 2.75) is 18.9 Å². The molecule has 6 nitrogen and oxygen atoms in total. The Balaban J connectivity index is 1.69. The predicted octanol–water partition coefficient (Wildman–Crippen LogP) is 1.25. The van der Waals surface area contributed by atoms with Crippen molar-refractivity contribution in [3.05, 3.63) is 42.0 Å². The Kier molecular flexibility index (Phi) is 3.89. The number of benzene rings is 1. The summed E-state index contributed by atoms with van der Waals surface area (Å²) in [6.45, 7) is 0.285. The maximum absolute atomic E-state index is 12.9. The molecule has 1 unspecified atom stereocenters. The van der Waals surface area contributed by atoms with Gasteiger partial charge >= 0.3 is 0 Å². The summed E-state index contributed by atoms with van der Waals surface area (Å²) in [5, 5.41) is 18.0. The van der Waals surface area contributed by atoms with E-state index in [9.17, 15) is 14.3 Å².